The normalized spacial score (nSPS) is 18.0. The van der Waals surface area contributed by atoms with E-state index in [1.807, 2.05) is 0 Å². The van der Waals surface area contributed by atoms with Crippen molar-refractivity contribution in [2.75, 3.05) is 18.9 Å². The highest BCUT2D eigenvalue weighted by Gasteiger charge is 2.42. The lowest BCUT2D eigenvalue weighted by molar-refractivity contribution is -0.137. The van der Waals surface area contributed by atoms with Crippen LogP contribution in [0.3, 0.4) is 0 Å². The summed E-state index contributed by atoms with van der Waals surface area (Å²) in [6.45, 7) is 0.458. The van der Waals surface area contributed by atoms with Crippen molar-refractivity contribution in [1.29, 1.82) is 0 Å². The topological polar surface area (TPSA) is 131 Å². The molecule has 1 aromatic carbocycles. The minimum atomic E-state index is -1.67. The third-order valence-electron chi connectivity index (χ3n) is 4.96. The van der Waals surface area contributed by atoms with Gasteiger partial charge in [0.15, 0.2) is 11.5 Å². The van der Waals surface area contributed by atoms with E-state index in [4.69, 9.17) is 5.73 Å². The van der Waals surface area contributed by atoms with Crippen molar-refractivity contribution < 1.29 is 14.7 Å². The Hall–Kier alpha value is -4.10. The summed E-state index contributed by atoms with van der Waals surface area (Å²) in [5.74, 6) is 5.02. The average molecular weight is 419 g/mol. The Bertz CT molecular complexity index is 1230. The van der Waals surface area contributed by atoms with Gasteiger partial charge in [-0.3, -0.25) is 14.3 Å². The molecule has 0 bridgehead atoms. The number of hydrogen-bond acceptors (Lipinski definition) is 6. The number of aryl methyl sites for hydroxylation is 1. The number of benzene rings is 1. The fourth-order valence-electron chi connectivity index (χ4n) is 3.27. The lowest BCUT2D eigenvalue weighted by Gasteiger charge is -2.13. The molecule has 1 saturated heterocycles. The Labute approximate surface area is 178 Å². The van der Waals surface area contributed by atoms with E-state index >= 15 is 0 Å². The number of anilines is 2. The first kappa shape index (κ1) is 20.2. The molecule has 158 valence electrons. The Morgan fingerprint density at radius 3 is 2.74 bits per heavy atom. The number of hydrogen-bond donors (Lipinski definition) is 3. The summed E-state index contributed by atoms with van der Waals surface area (Å²) in [6.07, 6.45) is 3.66. The minimum absolute atomic E-state index is 0.0658. The van der Waals surface area contributed by atoms with Crippen molar-refractivity contribution >= 4 is 23.3 Å². The molecule has 0 aliphatic carbocycles. The van der Waals surface area contributed by atoms with Crippen LogP contribution in [0.2, 0.25) is 0 Å². The molecule has 1 fully saturated rings. The highest BCUT2D eigenvalue weighted by molar-refractivity contribution is 5.97. The molecule has 4 N–H and O–H groups in total. The molecule has 3 heterocycles. The molecule has 2 amide bonds. The van der Waals surface area contributed by atoms with E-state index in [-0.39, 0.29) is 12.1 Å². The summed E-state index contributed by atoms with van der Waals surface area (Å²) in [7, 11) is 3.41. The standard InChI is InChI=1S/C21H21N7O3/c1-26-11-9-21(31,20(26)30)8-6-14-4-3-5-15(12-14)28-13-16(18(25-28)19(22)29)23-17-7-10-27(2)24-17/h3-5,7,10,12-13,31H,9,11H2,1-2H3,(H2,22,29)(H,23,24)/t21-/m0/s1. The van der Waals surface area contributed by atoms with Crippen LogP contribution in [0.25, 0.3) is 5.69 Å². The van der Waals surface area contributed by atoms with Gasteiger partial charge in [-0.2, -0.15) is 10.2 Å². The number of amides is 2. The number of primary amides is 1. The van der Waals surface area contributed by atoms with Crippen molar-refractivity contribution in [2.45, 2.75) is 12.0 Å². The predicted octanol–water partition coefficient (Wildman–Crippen LogP) is 0.393. The molecule has 0 saturated carbocycles. The third-order valence-corrected chi connectivity index (χ3v) is 4.96. The van der Waals surface area contributed by atoms with Gasteiger partial charge in [0.1, 0.15) is 0 Å². The van der Waals surface area contributed by atoms with E-state index in [2.05, 4.69) is 27.4 Å². The van der Waals surface area contributed by atoms with Gasteiger partial charge in [0, 0.05) is 44.9 Å². The Balaban J connectivity index is 1.64. The van der Waals surface area contributed by atoms with E-state index < -0.39 is 17.4 Å². The molecule has 3 aromatic rings. The number of carbonyl (C=O) groups excluding carboxylic acids is 2. The zero-order valence-corrected chi connectivity index (χ0v) is 17.0. The van der Waals surface area contributed by atoms with E-state index in [0.29, 0.717) is 29.3 Å². The third kappa shape index (κ3) is 3.99. The molecular formula is C21H21N7O3. The molecule has 31 heavy (non-hydrogen) atoms. The molecule has 2 aromatic heterocycles. The van der Waals surface area contributed by atoms with Crippen LogP contribution in [-0.4, -0.2) is 60.6 Å². The lowest BCUT2D eigenvalue weighted by atomic mass is 10.0. The zero-order valence-electron chi connectivity index (χ0n) is 17.0. The Kier molecular flexibility index (Phi) is 4.96. The fraction of sp³-hybridized carbons (Fsp3) is 0.238. The number of likely N-dealkylation sites (N-methyl/N-ethyl adjacent to an activating group) is 1. The van der Waals surface area contributed by atoms with Gasteiger partial charge in [-0.15, -0.1) is 0 Å². The monoisotopic (exact) mass is 419 g/mol. The molecule has 10 nitrogen and oxygen atoms in total. The largest absolute Gasteiger partial charge is 0.369 e. The van der Waals surface area contributed by atoms with Gasteiger partial charge in [0.25, 0.3) is 11.8 Å². The molecule has 0 radical (unpaired) electrons. The van der Waals surface area contributed by atoms with Crippen molar-refractivity contribution in [3.8, 4) is 17.5 Å². The van der Waals surface area contributed by atoms with E-state index in [0.717, 1.165) is 0 Å². The van der Waals surface area contributed by atoms with Crippen LogP contribution in [0.4, 0.5) is 11.5 Å². The summed E-state index contributed by atoms with van der Waals surface area (Å²) in [5.41, 5.74) is 5.51. The van der Waals surface area contributed by atoms with Gasteiger partial charge in [-0.1, -0.05) is 17.9 Å². The highest BCUT2D eigenvalue weighted by atomic mass is 16.3. The first-order chi connectivity index (χ1) is 14.7. The second-order valence-corrected chi connectivity index (χ2v) is 7.34. The Morgan fingerprint density at radius 2 is 2.10 bits per heavy atom. The lowest BCUT2D eigenvalue weighted by Crippen LogP contribution is -2.37. The zero-order chi connectivity index (χ0) is 22.2. The van der Waals surface area contributed by atoms with Gasteiger partial charge in [0.05, 0.1) is 17.6 Å². The maximum atomic E-state index is 12.1. The first-order valence-corrected chi connectivity index (χ1v) is 9.53. The van der Waals surface area contributed by atoms with Crippen molar-refractivity contribution in [1.82, 2.24) is 24.5 Å². The average Bonchev–Trinajstić information content (AvgIpc) is 3.42. The van der Waals surface area contributed by atoms with E-state index in [1.54, 1.807) is 61.5 Å². The summed E-state index contributed by atoms with van der Waals surface area (Å²) in [4.78, 5) is 25.4. The predicted molar refractivity (Wildman–Crippen MR) is 113 cm³/mol. The molecular weight excluding hydrogens is 398 g/mol. The molecule has 0 spiro atoms. The van der Waals surface area contributed by atoms with Crippen LogP contribution >= 0.6 is 0 Å². The molecule has 1 atom stereocenters. The Morgan fingerprint density at radius 1 is 1.29 bits per heavy atom. The number of nitrogens with zero attached hydrogens (tertiary/aromatic N) is 5. The quantitative estimate of drug-likeness (QED) is 0.525. The number of likely N-dealkylation sites (tertiary alicyclic amines) is 1. The van der Waals surface area contributed by atoms with Crippen molar-refractivity contribution in [2.24, 2.45) is 12.8 Å². The summed E-state index contributed by atoms with van der Waals surface area (Å²) < 4.78 is 3.12. The molecule has 10 heteroatoms. The number of nitrogens with two attached hydrogens (primary N) is 1. The number of rotatable bonds is 4. The molecule has 4 rings (SSSR count). The number of aliphatic hydroxyl groups is 1. The van der Waals surface area contributed by atoms with Gasteiger partial charge in [0.2, 0.25) is 5.60 Å². The summed E-state index contributed by atoms with van der Waals surface area (Å²) in [6, 6.07) is 8.81. The van der Waals surface area contributed by atoms with Crippen LogP contribution in [0.1, 0.15) is 22.5 Å². The number of nitrogens with one attached hydrogen (secondary N) is 1. The summed E-state index contributed by atoms with van der Waals surface area (Å²) >= 11 is 0. The van der Waals surface area contributed by atoms with Crippen molar-refractivity contribution in [3.05, 3.63) is 54.0 Å². The first-order valence-electron chi connectivity index (χ1n) is 9.53. The second kappa shape index (κ2) is 7.62. The SMILES string of the molecule is CN1CC[C@@](O)(C#Cc2cccc(-n3cc(Nc4ccn(C)n4)c(C(N)=O)n3)c2)C1=O. The molecule has 1 aliphatic rings. The van der Waals surface area contributed by atoms with Crippen LogP contribution in [-0.2, 0) is 11.8 Å². The summed E-state index contributed by atoms with van der Waals surface area (Å²) in [5, 5.41) is 22.0. The van der Waals surface area contributed by atoms with Gasteiger partial charge in [-0.05, 0) is 18.2 Å². The highest BCUT2D eigenvalue weighted by Crippen LogP contribution is 2.23. The van der Waals surface area contributed by atoms with Crippen LogP contribution < -0.4 is 11.1 Å². The van der Waals surface area contributed by atoms with Crippen LogP contribution in [0, 0.1) is 11.8 Å². The maximum absolute atomic E-state index is 12.1. The molecule has 1 aliphatic heterocycles. The van der Waals surface area contributed by atoms with Gasteiger partial charge < -0.3 is 21.1 Å². The number of aromatic nitrogens is 4. The number of carbonyl (C=O) groups is 2. The van der Waals surface area contributed by atoms with Crippen LogP contribution in [0.5, 0.6) is 0 Å². The van der Waals surface area contributed by atoms with Gasteiger partial charge >= 0.3 is 0 Å². The van der Waals surface area contributed by atoms with Crippen LogP contribution in [0.15, 0.2) is 42.7 Å². The van der Waals surface area contributed by atoms with Crippen molar-refractivity contribution in [3.63, 3.8) is 0 Å². The fourth-order valence-corrected chi connectivity index (χ4v) is 3.27. The van der Waals surface area contributed by atoms with E-state index in [9.17, 15) is 14.7 Å². The van der Waals surface area contributed by atoms with E-state index in [1.165, 1.54) is 9.58 Å². The maximum Gasteiger partial charge on any atom is 0.271 e. The molecule has 0 unspecified atom stereocenters. The minimum Gasteiger partial charge on any atom is -0.369 e. The second-order valence-electron chi connectivity index (χ2n) is 7.34. The van der Waals surface area contributed by atoms with Gasteiger partial charge in [-0.25, -0.2) is 4.68 Å². The smallest absolute Gasteiger partial charge is 0.271 e.